The number of pyridine rings is 1. The fourth-order valence-electron chi connectivity index (χ4n) is 3.20. The molecule has 5 nitrogen and oxygen atoms in total. The fourth-order valence-corrected chi connectivity index (χ4v) is 3.20. The fraction of sp³-hybridized carbons (Fsp3) is 0.588. The molecule has 0 radical (unpaired) electrons. The topological polar surface area (TPSA) is 51.0 Å². The Hall–Kier alpha value is -1.91. The van der Waals surface area contributed by atoms with Crippen molar-refractivity contribution in [2.24, 2.45) is 13.0 Å². The van der Waals surface area contributed by atoms with Gasteiger partial charge in [-0.3, -0.25) is 9.48 Å². The first-order chi connectivity index (χ1) is 10.5. The monoisotopic (exact) mass is 298 g/mol. The van der Waals surface area contributed by atoms with E-state index >= 15 is 0 Å². The molecule has 2 saturated carbocycles. The van der Waals surface area contributed by atoms with Gasteiger partial charge in [0.1, 0.15) is 0 Å². The summed E-state index contributed by atoms with van der Waals surface area (Å²) < 4.78 is 1.80. The van der Waals surface area contributed by atoms with Gasteiger partial charge in [-0.25, -0.2) is 4.98 Å². The maximum Gasteiger partial charge on any atom is 0.254 e. The standard InChI is InChI=1S/C17H22N4O/c1-10-15-13(17(22)20(2)9-11-4-5-11)8-14(12-6-7-12)18-16(15)21(3)19-10/h8,11-12H,4-7,9H2,1-3H3. The number of hydrogen-bond donors (Lipinski definition) is 0. The van der Waals surface area contributed by atoms with Crippen molar-refractivity contribution in [3.8, 4) is 0 Å². The summed E-state index contributed by atoms with van der Waals surface area (Å²) in [6.45, 7) is 2.82. The summed E-state index contributed by atoms with van der Waals surface area (Å²) in [5.41, 5.74) is 3.56. The minimum atomic E-state index is 0.109. The predicted molar refractivity (Wildman–Crippen MR) is 84.9 cm³/mol. The normalized spacial score (nSPS) is 18.0. The largest absolute Gasteiger partial charge is 0.341 e. The quantitative estimate of drug-likeness (QED) is 0.872. The smallest absolute Gasteiger partial charge is 0.254 e. The third kappa shape index (κ3) is 2.28. The lowest BCUT2D eigenvalue weighted by Gasteiger charge is -2.18. The summed E-state index contributed by atoms with van der Waals surface area (Å²) in [4.78, 5) is 19.6. The molecule has 2 aromatic rings. The lowest BCUT2D eigenvalue weighted by Crippen LogP contribution is -2.29. The number of aryl methyl sites for hydroxylation is 2. The van der Waals surface area contributed by atoms with Crippen LogP contribution in [0.4, 0.5) is 0 Å². The molecule has 2 aromatic heterocycles. The summed E-state index contributed by atoms with van der Waals surface area (Å²) in [6.07, 6.45) is 4.87. The predicted octanol–water partition coefficient (Wildman–Crippen LogP) is 2.64. The first-order valence-electron chi connectivity index (χ1n) is 8.14. The highest BCUT2D eigenvalue weighted by molar-refractivity contribution is 6.06. The Morgan fingerprint density at radius 1 is 1.36 bits per heavy atom. The van der Waals surface area contributed by atoms with Crippen molar-refractivity contribution < 1.29 is 4.79 Å². The highest BCUT2D eigenvalue weighted by atomic mass is 16.2. The molecule has 0 aliphatic heterocycles. The molecule has 0 saturated heterocycles. The molecule has 0 atom stereocenters. The number of amides is 1. The van der Waals surface area contributed by atoms with Crippen LogP contribution in [0.1, 0.15) is 53.3 Å². The summed E-state index contributed by atoms with van der Waals surface area (Å²) in [5, 5.41) is 5.39. The number of aromatic nitrogens is 3. The Morgan fingerprint density at radius 3 is 2.73 bits per heavy atom. The lowest BCUT2D eigenvalue weighted by atomic mass is 10.1. The summed E-state index contributed by atoms with van der Waals surface area (Å²) in [5.74, 6) is 1.33. The molecule has 2 aliphatic rings. The number of carbonyl (C=O) groups excluding carboxylic acids is 1. The van der Waals surface area contributed by atoms with E-state index in [1.54, 1.807) is 4.68 Å². The van der Waals surface area contributed by atoms with E-state index in [9.17, 15) is 4.79 Å². The Bertz CT molecular complexity index is 756. The minimum Gasteiger partial charge on any atom is -0.341 e. The molecule has 2 heterocycles. The van der Waals surface area contributed by atoms with E-state index < -0.39 is 0 Å². The number of fused-ring (bicyclic) bond motifs is 1. The molecule has 0 spiro atoms. The second-order valence-electron chi connectivity index (χ2n) is 6.91. The summed E-state index contributed by atoms with van der Waals surface area (Å²) in [6, 6.07) is 2.01. The zero-order valence-corrected chi connectivity index (χ0v) is 13.5. The summed E-state index contributed by atoms with van der Waals surface area (Å²) in [7, 11) is 3.82. The van der Waals surface area contributed by atoms with Crippen molar-refractivity contribution in [2.45, 2.75) is 38.5 Å². The van der Waals surface area contributed by atoms with Crippen molar-refractivity contribution in [3.63, 3.8) is 0 Å². The Morgan fingerprint density at radius 2 is 2.09 bits per heavy atom. The molecule has 0 N–H and O–H groups in total. The Balaban J connectivity index is 1.81. The Kier molecular flexibility index (Phi) is 2.99. The molecule has 116 valence electrons. The van der Waals surface area contributed by atoms with Gasteiger partial charge in [-0.1, -0.05) is 0 Å². The molecular weight excluding hydrogens is 276 g/mol. The van der Waals surface area contributed by atoms with Crippen LogP contribution in [0.15, 0.2) is 6.07 Å². The van der Waals surface area contributed by atoms with Crippen LogP contribution in [-0.4, -0.2) is 39.2 Å². The third-order valence-electron chi connectivity index (χ3n) is 4.79. The average Bonchev–Trinajstić information content (AvgIpc) is 3.38. The molecule has 2 fully saturated rings. The number of nitrogens with zero attached hydrogens (tertiary/aromatic N) is 4. The highest BCUT2D eigenvalue weighted by Gasteiger charge is 2.30. The van der Waals surface area contributed by atoms with Crippen LogP contribution in [0.3, 0.4) is 0 Å². The van der Waals surface area contributed by atoms with Crippen LogP contribution in [-0.2, 0) is 7.05 Å². The van der Waals surface area contributed by atoms with Crippen LogP contribution < -0.4 is 0 Å². The number of hydrogen-bond acceptors (Lipinski definition) is 3. The summed E-state index contributed by atoms with van der Waals surface area (Å²) >= 11 is 0. The maximum absolute atomic E-state index is 12.9. The van der Waals surface area contributed by atoms with Gasteiger partial charge < -0.3 is 4.90 Å². The van der Waals surface area contributed by atoms with E-state index in [-0.39, 0.29) is 5.91 Å². The van der Waals surface area contributed by atoms with Crippen molar-refractivity contribution in [1.82, 2.24) is 19.7 Å². The van der Waals surface area contributed by atoms with E-state index in [0.29, 0.717) is 11.8 Å². The number of rotatable bonds is 4. The lowest BCUT2D eigenvalue weighted by molar-refractivity contribution is 0.0790. The van der Waals surface area contributed by atoms with Crippen LogP contribution in [0.25, 0.3) is 11.0 Å². The van der Waals surface area contributed by atoms with Gasteiger partial charge in [0, 0.05) is 32.3 Å². The van der Waals surface area contributed by atoms with Crippen LogP contribution >= 0.6 is 0 Å². The molecule has 0 unspecified atom stereocenters. The van der Waals surface area contributed by atoms with Gasteiger partial charge in [0.2, 0.25) is 0 Å². The molecule has 4 rings (SSSR count). The van der Waals surface area contributed by atoms with Crippen LogP contribution in [0.2, 0.25) is 0 Å². The van der Waals surface area contributed by atoms with E-state index in [1.807, 2.05) is 32.0 Å². The van der Waals surface area contributed by atoms with E-state index in [2.05, 4.69) is 5.10 Å². The van der Waals surface area contributed by atoms with Gasteiger partial charge in [0.25, 0.3) is 5.91 Å². The van der Waals surface area contributed by atoms with E-state index in [1.165, 1.54) is 25.7 Å². The van der Waals surface area contributed by atoms with Gasteiger partial charge in [0.15, 0.2) is 5.65 Å². The molecular formula is C17H22N4O. The number of carbonyl (C=O) groups is 1. The van der Waals surface area contributed by atoms with Gasteiger partial charge >= 0.3 is 0 Å². The molecule has 0 aromatic carbocycles. The first-order valence-corrected chi connectivity index (χ1v) is 8.14. The van der Waals surface area contributed by atoms with Gasteiger partial charge in [-0.05, 0) is 44.6 Å². The molecule has 1 amide bonds. The van der Waals surface area contributed by atoms with Crippen molar-refractivity contribution >= 4 is 16.9 Å². The van der Waals surface area contributed by atoms with Gasteiger partial charge in [0.05, 0.1) is 16.6 Å². The third-order valence-corrected chi connectivity index (χ3v) is 4.79. The second-order valence-corrected chi connectivity index (χ2v) is 6.91. The van der Waals surface area contributed by atoms with Crippen molar-refractivity contribution in [1.29, 1.82) is 0 Å². The van der Waals surface area contributed by atoms with Crippen LogP contribution in [0.5, 0.6) is 0 Å². The van der Waals surface area contributed by atoms with Gasteiger partial charge in [-0.2, -0.15) is 5.10 Å². The zero-order chi connectivity index (χ0) is 15.4. The second kappa shape index (κ2) is 4.80. The SMILES string of the molecule is Cc1nn(C)c2nc(C3CC3)cc(C(=O)N(C)CC3CC3)c12. The molecule has 0 bridgehead atoms. The Labute approximate surface area is 130 Å². The highest BCUT2D eigenvalue weighted by Crippen LogP contribution is 2.40. The van der Waals surface area contributed by atoms with Crippen molar-refractivity contribution in [2.75, 3.05) is 13.6 Å². The zero-order valence-electron chi connectivity index (χ0n) is 13.5. The van der Waals surface area contributed by atoms with E-state index in [0.717, 1.165) is 34.5 Å². The van der Waals surface area contributed by atoms with Gasteiger partial charge in [-0.15, -0.1) is 0 Å². The molecule has 22 heavy (non-hydrogen) atoms. The molecule has 5 heteroatoms. The minimum absolute atomic E-state index is 0.109. The maximum atomic E-state index is 12.9. The average molecular weight is 298 g/mol. The van der Waals surface area contributed by atoms with Crippen LogP contribution in [0, 0.1) is 12.8 Å². The van der Waals surface area contributed by atoms with E-state index in [4.69, 9.17) is 4.98 Å². The van der Waals surface area contributed by atoms with Crippen molar-refractivity contribution in [3.05, 3.63) is 23.0 Å². The first kappa shape index (κ1) is 13.7. The molecule has 2 aliphatic carbocycles.